The summed E-state index contributed by atoms with van der Waals surface area (Å²) in [4.78, 5) is 16.7. The third-order valence-electron chi connectivity index (χ3n) is 4.32. The molecule has 1 aliphatic heterocycles. The molecule has 1 N–H and O–H groups in total. The molecule has 0 spiro atoms. The molecule has 1 saturated heterocycles. The van der Waals surface area contributed by atoms with E-state index in [4.69, 9.17) is 0 Å². The number of likely N-dealkylation sites (N-methyl/N-ethyl adjacent to an activating group) is 1. The number of amides is 1. The summed E-state index contributed by atoms with van der Waals surface area (Å²) in [7, 11) is 2.18. The third kappa shape index (κ3) is 2.69. The molecule has 3 unspecified atom stereocenters. The van der Waals surface area contributed by atoms with Crippen molar-refractivity contribution >= 4 is 5.91 Å². The quantitative estimate of drug-likeness (QED) is 0.801. The van der Waals surface area contributed by atoms with Gasteiger partial charge >= 0.3 is 0 Å². The highest BCUT2D eigenvalue weighted by Gasteiger charge is 2.39. The molecule has 3 atom stereocenters. The van der Waals surface area contributed by atoms with Gasteiger partial charge in [0.2, 0.25) is 5.91 Å². The van der Waals surface area contributed by atoms with Gasteiger partial charge in [0.05, 0.1) is 12.2 Å². The van der Waals surface area contributed by atoms with Crippen molar-refractivity contribution in [1.82, 2.24) is 15.1 Å². The van der Waals surface area contributed by atoms with Gasteiger partial charge in [0.1, 0.15) is 0 Å². The summed E-state index contributed by atoms with van der Waals surface area (Å²) in [5.74, 6) is 0.710. The molecule has 0 aromatic rings. The summed E-state index contributed by atoms with van der Waals surface area (Å²) in [6.07, 6.45) is 2.83. The fourth-order valence-electron chi connectivity index (χ4n) is 2.81. The minimum Gasteiger partial charge on any atom is -0.324 e. The summed E-state index contributed by atoms with van der Waals surface area (Å²) in [5.41, 5.74) is 0. The molecule has 0 radical (unpaired) electrons. The molecule has 4 nitrogen and oxygen atoms in total. The molecular weight excluding hydrogens is 226 g/mol. The van der Waals surface area contributed by atoms with E-state index in [1.807, 2.05) is 11.8 Å². The van der Waals surface area contributed by atoms with Crippen molar-refractivity contribution in [3.8, 4) is 0 Å². The first kappa shape index (κ1) is 13.8. The van der Waals surface area contributed by atoms with Crippen LogP contribution in [0.4, 0.5) is 0 Å². The molecule has 4 heteroatoms. The van der Waals surface area contributed by atoms with Crippen LogP contribution >= 0.6 is 0 Å². The predicted octanol–water partition coefficient (Wildman–Crippen LogP) is 1.27. The fourth-order valence-corrected chi connectivity index (χ4v) is 2.81. The van der Waals surface area contributed by atoms with Gasteiger partial charge in [0, 0.05) is 18.6 Å². The van der Waals surface area contributed by atoms with Crippen LogP contribution in [0, 0.1) is 5.92 Å². The summed E-state index contributed by atoms with van der Waals surface area (Å²) < 4.78 is 0. The van der Waals surface area contributed by atoms with Gasteiger partial charge in [-0.2, -0.15) is 0 Å². The second-order valence-electron chi connectivity index (χ2n) is 6.31. The Kier molecular flexibility index (Phi) is 3.97. The number of rotatable bonds is 5. The number of carbonyl (C=O) groups is 1. The van der Waals surface area contributed by atoms with E-state index >= 15 is 0 Å². The number of nitrogens with one attached hydrogen (secondary N) is 1. The lowest BCUT2D eigenvalue weighted by atomic mass is 10.1. The Bertz CT molecular complexity index is 314. The Morgan fingerprint density at radius 3 is 2.50 bits per heavy atom. The number of nitrogens with zero attached hydrogens (tertiary/aromatic N) is 2. The zero-order chi connectivity index (χ0) is 13.4. The molecule has 104 valence electrons. The van der Waals surface area contributed by atoms with E-state index < -0.39 is 0 Å². The van der Waals surface area contributed by atoms with Gasteiger partial charge in [-0.3, -0.25) is 15.0 Å². The topological polar surface area (TPSA) is 35.6 Å². The molecule has 0 aromatic carbocycles. The van der Waals surface area contributed by atoms with Gasteiger partial charge in [0.25, 0.3) is 0 Å². The lowest BCUT2D eigenvalue weighted by Crippen LogP contribution is -2.48. The maximum atomic E-state index is 12.2. The molecule has 0 bridgehead atoms. The zero-order valence-electron chi connectivity index (χ0n) is 12.3. The lowest BCUT2D eigenvalue weighted by Gasteiger charge is -2.33. The minimum absolute atomic E-state index is 0.0316. The highest BCUT2D eigenvalue weighted by molar-refractivity contribution is 5.84. The first-order valence-electron chi connectivity index (χ1n) is 7.20. The normalized spacial score (nSPS) is 30.6. The molecular formula is C14H27N3O. The van der Waals surface area contributed by atoms with Crippen LogP contribution in [0.2, 0.25) is 0 Å². The van der Waals surface area contributed by atoms with Crippen LogP contribution in [0.3, 0.4) is 0 Å². The molecule has 2 fully saturated rings. The standard InChI is InChI=1S/C14H27N3O/c1-9(2)13-15-11(4)14(18)17(13)8-10(3)16(5)12-6-7-12/h9-13,15H,6-8H2,1-5H3. The van der Waals surface area contributed by atoms with Crippen LogP contribution in [0.5, 0.6) is 0 Å². The van der Waals surface area contributed by atoms with Gasteiger partial charge in [0.15, 0.2) is 0 Å². The molecule has 2 rings (SSSR count). The van der Waals surface area contributed by atoms with E-state index in [-0.39, 0.29) is 18.1 Å². The van der Waals surface area contributed by atoms with E-state index in [1.54, 1.807) is 0 Å². The third-order valence-corrected chi connectivity index (χ3v) is 4.32. The maximum Gasteiger partial charge on any atom is 0.240 e. The van der Waals surface area contributed by atoms with Crippen molar-refractivity contribution in [3.05, 3.63) is 0 Å². The van der Waals surface area contributed by atoms with Crippen LogP contribution in [-0.4, -0.2) is 53.6 Å². The highest BCUT2D eigenvalue weighted by Crippen LogP contribution is 2.28. The largest absolute Gasteiger partial charge is 0.324 e. The van der Waals surface area contributed by atoms with E-state index in [0.29, 0.717) is 12.0 Å². The minimum atomic E-state index is -0.0316. The van der Waals surface area contributed by atoms with Crippen molar-refractivity contribution in [2.24, 2.45) is 5.92 Å². The lowest BCUT2D eigenvalue weighted by molar-refractivity contribution is -0.131. The summed E-state index contributed by atoms with van der Waals surface area (Å²) >= 11 is 0. The molecule has 0 aromatic heterocycles. The van der Waals surface area contributed by atoms with Gasteiger partial charge < -0.3 is 4.90 Å². The van der Waals surface area contributed by atoms with Crippen molar-refractivity contribution in [1.29, 1.82) is 0 Å². The monoisotopic (exact) mass is 253 g/mol. The predicted molar refractivity (Wildman–Crippen MR) is 73.2 cm³/mol. The van der Waals surface area contributed by atoms with Crippen LogP contribution in [0.15, 0.2) is 0 Å². The number of hydrogen-bond donors (Lipinski definition) is 1. The Labute approximate surface area is 111 Å². The van der Waals surface area contributed by atoms with Gasteiger partial charge in [-0.05, 0) is 39.7 Å². The Morgan fingerprint density at radius 2 is 2.00 bits per heavy atom. The SMILES string of the molecule is CC1NC(C(C)C)N(CC(C)N(C)C2CC2)C1=O. The second kappa shape index (κ2) is 5.17. The van der Waals surface area contributed by atoms with Crippen molar-refractivity contribution in [2.45, 2.75) is 64.8 Å². The van der Waals surface area contributed by atoms with Gasteiger partial charge in [-0.1, -0.05) is 13.8 Å². The van der Waals surface area contributed by atoms with Gasteiger partial charge in [-0.15, -0.1) is 0 Å². The van der Waals surface area contributed by atoms with E-state index in [1.165, 1.54) is 12.8 Å². The second-order valence-corrected chi connectivity index (χ2v) is 6.31. The molecule has 2 aliphatic rings. The van der Waals surface area contributed by atoms with Crippen LogP contribution < -0.4 is 5.32 Å². The number of carbonyl (C=O) groups excluding carboxylic acids is 1. The average molecular weight is 253 g/mol. The fraction of sp³-hybridized carbons (Fsp3) is 0.929. The molecule has 18 heavy (non-hydrogen) atoms. The smallest absolute Gasteiger partial charge is 0.240 e. The van der Waals surface area contributed by atoms with Crippen LogP contribution in [0.25, 0.3) is 0 Å². The van der Waals surface area contributed by atoms with E-state index in [0.717, 1.165) is 12.6 Å². The zero-order valence-corrected chi connectivity index (χ0v) is 12.3. The van der Waals surface area contributed by atoms with Crippen molar-refractivity contribution in [2.75, 3.05) is 13.6 Å². The summed E-state index contributed by atoms with van der Waals surface area (Å²) in [6.45, 7) is 9.38. The van der Waals surface area contributed by atoms with E-state index in [9.17, 15) is 4.79 Å². The Morgan fingerprint density at radius 1 is 1.39 bits per heavy atom. The van der Waals surface area contributed by atoms with Gasteiger partial charge in [-0.25, -0.2) is 0 Å². The van der Waals surface area contributed by atoms with Crippen LogP contribution in [0.1, 0.15) is 40.5 Å². The van der Waals surface area contributed by atoms with Crippen molar-refractivity contribution < 1.29 is 4.79 Å². The maximum absolute atomic E-state index is 12.2. The van der Waals surface area contributed by atoms with Crippen LogP contribution in [-0.2, 0) is 4.79 Å². The average Bonchev–Trinajstić information content (AvgIpc) is 3.11. The number of hydrogen-bond acceptors (Lipinski definition) is 3. The highest BCUT2D eigenvalue weighted by atomic mass is 16.2. The molecule has 1 saturated carbocycles. The summed E-state index contributed by atoms with van der Waals surface area (Å²) in [6, 6.07) is 1.16. The first-order chi connectivity index (χ1) is 8.41. The van der Waals surface area contributed by atoms with E-state index in [2.05, 4.69) is 38.0 Å². The molecule has 1 amide bonds. The molecule has 1 heterocycles. The molecule has 1 aliphatic carbocycles. The Hall–Kier alpha value is -0.610. The first-order valence-corrected chi connectivity index (χ1v) is 7.20. The van der Waals surface area contributed by atoms with Crippen molar-refractivity contribution in [3.63, 3.8) is 0 Å². The Balaban J connectivity index is 1.98. The summed E-state index contributed by atoms with van der Waals surface area (Å²) in [5, 5.41) is 3.40.